The molecule has 2 aromatic rings. The molecule has 0 radical (unpaired) electrons. The number of aromatic nitrogens is 2. The van der Waals surface area contributed by atoms with Crippen molar-refractivity contribution in [1.82, 2.24) is 15.1 Å². The lowest BCUT2D eigenvalue weighted by Crippen LogP contribution is -2.30. The van der Waals surface area contributed by atoms with Gasteiger partial charge in [-0.1, -0.05) is 12.1 Å². The van der Waals surface area contributed by atoms with Gasteiger partial charge in [0.25, 0.3) is 5.91 Å². The standard InChI is InChI=1S/C13H13N3O3/c17-12(16-5-4-9(7-16)13(18)19)10-3-1-2-8-6-14-15-11(8)10/h1-3,6,9H,4-5,7H2,(H,14,15)(H,18,19)/t9-/m1/s1. The fourth-order valence-corrected chi connectivity index (χ4v) is 2.46. The van der Waals surface area contributed by atoms with Crippen LogP contribution < -0.4 is 0 Å². The van der Waals surface area contributed by atoms with Crippen molar-refractivity contribution < 1.29 is 14.7 Å². The Morgan fingerprint density at radius 1 is 1.42 bits per heavy atom. The van der Waals surface area contributed by atoms with Crippen LogP contribution in [0.25, 0.3) is 10.9 Å². The Labute approximate surface area is 109 Å². The van der Waals surface area contributed by atoms with E-state index in [0.29, 0.717) is 24.0 Å². The Bertz CT molecular complexity index is 649. The molecule has 0 saturated carbocycles. The molecule has 1 saturated heterocycles. The zero-order valence-electron chi connectivity index (χ0n) is 10.2. The number of nitrogens with one attached hydrogen (secondary N) is 1. The van der Waals surface area contributed by atoms with Crippen molar-refractivity contribution in [3.63, 3.8) is 0 Å². The number of H-pyrrole nitrogens is 1. The zero-order valence-corrected chi connectivity index (χ0v) is 10.2. The van der Waals surface area contributed by atoms with E-state index < -0.39 is 11.9 Å². The van der Waals surface area contributed by atoms with Crippen LogP contribution in [0, 0.1) is 5.92 Å². The minimum absolute atomic E-state index is 0.140. The molecule has 6 nitrogen and oxygen atoms in total. The van der Waals surface area contributed by atoms with Crippen molar-refractivity contribution >= 4 is 22.8 Å². The first-order valence-electron chi connectivity index (χ1n) is 6.11. The van der Waals surface area contributed by atoms with Crippen LogP contribution in [0.3, 0.4) is 0 Å². The molecule has 0 spiro atoms. The third-order valence-corrected chi connectivity index (χ3v) is 3.53. The maximum absolute atomic E-state index is 12.4. The largest absolute Gasteiger partial charge is 0.481 e. The minimum atomic E-state index is -0.838. The van der Waals surface area contributed by atoms with E-state index in [9.17, 15) is 9.59 Å². The van der Waals surface area contributed by atoms with Crippen molar-refractivity contribution in [2.45, 2.75) is 6.42 Å². The van der Waals surface area contributed by atoms with E-state index >= 15 is 0 Å². The summed E-state index contributed by atoms with van der Waals surface area (Å²) in [6, 6.07) is 5.41. The van der Waals surface area contributed by atoms with E-state index in [-0.39, 0.29) is 12.5 Å². The summed E-state index contributed by atoms with van der Waals surface area (Å²) in [5, 5.41) is 16.6. The number of fused-ring (bicyclic) bond motifs is 1. The van der Waals surface area contributed by atoms with Crippen LogP contribution in [0.15, 0.2) is 24.4 Å². The lowest BCUT2D eigenvalue weighted by atomic mass is 10.1. The predicted molar refractivity (Wildman–Crippen MR) is 67.7 cm³/mol. The molecule has 2 N–H and O–H groups in total. The Balaban J connectivity index is 1.89. The van der Waals surface area contributed by atoms with Crippen molar-refractivity contribution in [1.29, 1.82) is 0 Å². The molecule has 1 aliphatic heterocycles. The number of amides is 1. The number of para-hydroxylation sites is 1. The van der Waals surface area contributed by atoms with E-state index in [0.717, 1.165) is 5.39 Å². The monoisotopic (exact) mass is 259 g/mol. The number of likely N-dealkylation sites (tertiary alicyclic amines) is 1. The van der Waals surface area contributed by atoms with Crippen molar-refractivity contribution in [3.05, 3.63) is 30.0 Å². The molecule has 1 aromatic heterocycles. The first-order chi connectivity index (χ1) is 9.16. The summed E-state index contributed by atoms with van der Waals surface area (Å²) in [6.07, 6.45) is 2.18. The van der Waals surface area contributed by atoms with Crippen LogP contribution in [-0.4, -0.2) is 45.2 Å². The highest BCUT2D eigenvalue weighted by molar-refractivity contribution is 6.05. The average molecular weight is 259 g/mol. The fraction of sp³-hybridized carbons (Fsp3) is 0.308. The van der Waals surface area contributed by atoms with Gasteiger partial charge in [0, 0.05) is 18.5 Å². The molecule has 3 rings (SSSR count). The number of aliphatic carboxylic acids is 1. The lowest BCUT2D eigenvalue weighted by Gasteiger charge is -2.16. The van der Waals surface area contributed by atoms with Crippen LogP contribution in [0.2, 0.25) is 0 Å². The highest BCUT2D eigenvalue weighted by Gasteiger charge is 2.31. The first kappa shape index (κ1) is 11.7. The normalized spacial score (nSPS) is 18.9. The van der Waals surface area contributed by atoms with Gasteiger partial charge in [0.1, 0.15) is 0 Å². The highest BCUT2D eigenvalue weighted by atomic mass is 16.4. The lowest BCUT2D eigenvalue weighted by molar-refractivity contribution is -0.141. The van der Waals surface area contributed by atoms with Gasteiger partial charge in [0.05, 0.1) is 23.2 Å². The molecule has 2 heterocycles. The molecule has 0 unspecified atom stereocenters. The number of aromatic amines is 1. The maximum atomic E-state index is 12.4. The molecule has 6 heteroatoms. The van der Waals surface area contributed by atoms with Gasteiger partial charge in [-0.05, 0) is 12.5 Å². The number of hydrogen-bond donors (Lipinski definition) is 2. The number of hydrogen-bond acceptors (Lipinski definition) is 3. The second-order valence-corrected chi connectivity index (χ2v) is 4.71. The zero-order chi connectivity index (χ0) is 13.4. The van der Waals surface area contributed by atoms with Gasteiger partial charge in [-0.2, -0.15) is 5.10 Å². The molecular formula is C13H13N3O3. The SMILES string of the molecule is O=C(O)[C@@H]1CCN(C(=O)c2cccc3cn[nH]c23)C1. The second-order valence-electron chi connectivity index (χ2n) is 4.71. The summed E-state index contributed by atoms with van der Waals surface area (Å²) in [7, 11) is 0. The van der Waals surface area contributed by atoms with Gasteiger partial charge in [-0.15, -0.1) is 0 Å². The summed E-state index contributed by atoms with van der Waals surface area (Å²) < 4.78 is 0. The molecular weight excluding hydrogens is 246 g/mol. The molecule has 19 heavy (non-hydrogen) atoms. The minimum Gasteiger partial charge on any atom is -0.481 e. The van der Waals surface area contributed by atoms with Gasteiger partial charge in [0.2, 0.25) is 0 Å². The number of carboxylic acid groups (broad SMARTS) is 1. The smallest absolute Gasteiger partial charge is 0.308 e. The molecule has 0 aliphatic carbocycles. The van der Waals surface area contributed by atoms with Crippen molar-refractivity contribution in [2.75, 3.05) is 13.1 Å². The fourth-order valence-electron chi connectivity index (χ4n) is 2.46. The van der Waals surface area contributed by atoms with Crippen LogP contribution in [0.5, 0.6) is 0 Å². The molecule has 1 fully saturated rings. The van der Waals surface area contributed by atoms with Gasteiger partial charge in [0.15, 0.2) is 0 Å². The second kappa shape index (κ2) is 4.38. The number of nitrogens with zero attached hydrogens (tertiary/aromatic N) is 2. The quantitative estimate of drug-likeness (QED) is 0.845. The van der Waals surface area contributed by atoms with Crippen LogP contribution in [0.1, 0.15) is 16.8 Å². The van der Waals surface area contributed by atoms with E-state index in [1.807, 2.05) is 6.07 Å². The van der Waals surface area contributed by atoms with Crippen LogP contribution >= 0.6 is 0 Å². The molecule has 1 amide bonds. The van der Waals surface area contributed by atoms with Crippen molar-refractivity contribution in [3.8, 4) is 0 Å². The highest BCUT2D eigenvalue weighted by Crippen LogP contribution is 2.22. The molecule has 98 valence electrons. The third kappa shape index (κ3) is 1.95. The van der Waals surface area contributed by atoms with Crippen LogP contribution in [0.4, 0.5) is 0 Å². The van der Waals surface area contributed by atoms with Gasteiger partial charge >= 0.3 is 5.97 Å². The Morgan fingerprint density at radius 2 is 2.26 bits per heavy atom. The Morgan fingerprint density at radius 3 is 3.00 bits per heavy atom. The topological polar surface area (TPSA) is 86.3 Å². The number of carbonyl (C=O) groups is 2. The molecule has 1 aliphatic rings. The van der Waals surface area contributed by atoms with Crippen molar-refractivity contribution in [2.24, 2.45) is 5.92 Å². The number of rotatable bonds is 2. The van der Waals surface area contributed by atoms with E-state index in [4.69, 9.17) is 5.11 Å². The summed E-state index contributed by atoms with van der Waals surface area (Å²) in [5.74, 6) is -1.43. The summed E-state index contributed by atoms with van der Waals surface area (Å²) in [4.78, 5) is 24.9. The molecule has 1 aromatic carbocycles. The molecule has 1 atom stereocenters. The summed E-state index contributed by atoms with van der Waals surface area (Å²) in [6.45, 7) is 0.763. The van der Waals surface area contributed by atoms with E-state index in [1.165, 1.54) is 0 Å². The Hall–Kier alpha value is -2.37. The van der Waals surface area contributed by atoms with E-state index in [1.54, 1.807) is 23.2 Å². The van der Waals surface area contributed by atoms with E-state index in [2.05, 4.69) is 10.2 Å². The van der Waals surface area contributed by atoms with Gasteiger partial charge in [-0.25, -0.2) is 0 Å². The van der Waals surface area contributed by atoms with Crippen LogP contribution in [-0.2, 0) is 4.79 Å². The predicted octanol–water partition coefficient (Wildman–Crippen LogP) is 1.11. The first-order valence-corrected chi connectivity index (χ1v) is 6.11. The number of benzene rings is 1. The number of carboxylic acids is 1. The van der Waals surface area contributed by atoms with Gasteiger partial charge < -0.3 is 10.0 Å². The average Bonchev–Trinajstić information content (AvgIpc) is 3.06. The summed E-state index contributed by atoms with van der Waals surface area (Å²) in [5.41, 5.74) is 1.24. The summed E-state index contributed by atoms with van der Waals surface area (Å²) >= 11 is 0. The Kier molecular flexibility index (Phi) is 2.70. The molecule has 0 bridgehead atoms. The number of carbonyl (C=O) groups excluding carboxylic acids is 1. The van der Waals surface area contributed by atoms with Gasteiger partial charge in [-0.3, -0.25) is 14.7 Å². The maximum Gasteiger partial charge on any atom is 0.308 e. The third-order valence-electron chi connectivity index (χ3n) is 3.53.